The summed E-state index contributed by atoms with van der Waals surface area (Å²) < 4.78 is 1.56. The zero-order valence-electron chi connectivity index (χ0n) is 16.6. The van der Waals surface area contributed by atoms with Gasteiger partial charge in [0.15, 0.2) is 0 Å². The first-order chi connectivity index (χ1) is 13.0. The fourth-order valence-corrected chi connectivity index (χ4v) is 3.36. The van der Waals surface area contributed by atoms with Crippen molar-refractivity contribution in [2.24, 2.45) is 0 Å². The van der Waals surface area contributed by atoms with Gasteiger partial charge in [0.25, 0.3) is 5.56 Å². The van der Waals surface area contributed by atoms with Gasteiger partial charge in [-0.2, -0.15) is 5.10 Å². The van der Waals surface area contributed by atoms with E-state index < -0.39 is 0 Å². The highest BCUT2D eigenvalue weighted by atomic mass is 16.1. The van der Waals surface area contributed by atoms with Crippen molar-refractivity contribution in [2.45, 2.75) is 45.2 Å². The van der Waals surface area contributed by atoms with Crippen LogP contribution < -0.4 is 20.7 Å². The highest BCUT2D eigenvalue weighted by molar-refractivity contribution is 5.48. The van der Waals surface area contributed by atoms with Gasteiger partial charge in [0.2, 0.25) is 0 Å². The fourth-order valence-electron chi connectivity index (χ4n) is 3.36. The van der Waals surface area contributed by atoms with Gasteiger partial charge in [-0.25, -0.2) is 14.6 Å². The van der Waals surface area contributed by atoms with Crippen LogP contribution in [0.5, 0.6) is 0 Å². The normalized spacial score (nSPS) is 17.2. The summed E-state index contributed by atoms with van der Waals surface area (Å²) in [6.07, 6.45) is 4.99. The Balaban J connectivity index is 1.75. The number of hydrogen-bond donors (Lipinski definition) is 1. The molecule has 0 saturated carbocycles. The van der Waals surface area contributed by atoms with E-state index in [9.17, 15) is 4.79 Å². The van der Waals surface area contributed by atoms with Gasteiger partial charge in [-0.1, -0.05) is 0 Å². The van der Waals surface area contributed by atoms with Crippen molar-refractivity contribution in [2.75, 3.05) is 42.3 Å². The summed E-state index contributed by atoms with van der Waals surface area (Å²) in [6.45, 7) is 5.67. The second kappa shape index (κ2) is 8.37. The summed E-state index contributed by atoms with van der Waals surface area (Å²) in [5, 5.41) is 8.05. The van der Waals surface area contributed by atoms with Crippen LogP contribution in [-0.4, -0.2) is 53.0 Å². The first-order valence-electron chi connectivity index (χ1n) is 9.55. The Morgan fingerprint density at radius 3 is 2.81 bits per heavy atom. The second-order valence-electron chi connectivity index (χ2n) is 7.45. The van der Waals surface area contributed by atoms with Crippen LogP contribution in [0.25, 0.3) is 0 Å². The van der Waals surface area contributed by atoms with Crippen LogP contribution in [0.4, 0.5) is 17.5 Å². The average Bonchev–Trinajstić information content (AvgIpc) is 2.67. The lowest BCUT2D eigenvalue weighted by Crippen LogP contribution is -2.45. The van der Waals surface area contributed by atoms with Crippen LogP contribution in [0.2, 0.25) is 0 Å². The minimum Gasteiger partial charge on any atom is -0.368 e. The minimum atomic E-state index is -0.0577. The zero-order chi connectivity index (χ0) is 19.4. The van der Waals surface area contributed by atoms with Crippen molar-refractivity contribution in [1.82, 2.24) is 19.7 Å². The number of nitrogens with zero attached hydrogens (tertiary/aromatic N) is 6. The Labute approximate surface area is 160 Å². The molecule has 1 atom stereocenters. The molecule has 3 heterocycles. The number of anilines is 3. The molecule has 1 unspecified atom stereocenters. The first-order valence-corrected chi connectivity index (χ1v) is 9.55. The predicted octanol–water partition coefficient (Wildman–Crippen LogP) is 2.15. The molecule has 27 heavy (non-hydrogen) atoms. The maximum absolute atomic E-state index is 12.0. The third-order valence-electron chi connectivity index (χ3n) is 4.85. The molecule has 1 saturated heterocycles. The number of rotatable bonds is 6. The molecule has 1 N–H and O–H groups in total. The van der Waals surface area contributed by atoms with E-state index >= 15 is 0 Å². The molecule has 0 aliphatic carbocycles. The van der Waals surface area contributed by atoms with Gasteiger partial charge >= 0.3 is 0 Å². The van der Waals surface area contributed by atoms with E-state index in [0.29, 0.717) is 6.04 Å². The highest BCUT2D eigenvalue weighted by Crippen LogP contribution is 2.23. The molecule has 1 fully saturated rings. The number of piperidine rings is 1. The Hall–Kier alpha value is -2.64. The molecule has 0 spiro atoms. The van der Waals surface area contributed by atoms with Crippen molar-refractivity contribution in [3.05, 3.63) is 34.9 Å². The molecule has 1 aliphatic rings. The summed E-state index contributed by atoms with van der Waals surface area (Å²) in [7, 11) is 3.93. The van der Waals surface area contributed by atoms with Gasteiger partial charge in [-0.3, -0.25) is 4.79 Å². The van der Waals surface area contributed by atoms with Gasteiger partial charge in [-0.05, 0) is 39.2 Å². The van der Waals surface area contributed by atoms with Crippen molar-refractivity contribution in [1.29, 1.82) is 0 Å². The Morgan fingerprint density at radius 2 is 2.07 bits per heavy atom. The number of hydrogen-bond acceptors (Lipinski definition) is 7. The summed E-state index contributed by atoms with van der Waals surface area (Å²) in [4.78, 5) is 24.9. The lowest BCUT2D eigenvalue weighted by Gasteiger charge is -2.37. The second-order valence-corrected chi connectivity index (χ2v) is 7.45. The lowest BCUT2D eigenvalue weighted by molar-refractivity contribution is 0.451. The molecule has 2 aromatic heterocycles. The maximum Gasteiger partial charge on any atom is 0.267 e. The van der Waals surface area contributed by atoms with E-state index in [4.69, 9.17) is 0 Å². The van der Waals surface area contributed by atoms with Crippen molar-refractivity contribution in [3.8, 4) is 0 Å². The minimum absolute atomic E-state index is 0.0456. The molecule has 0 radical (unpaired) electrons. The standard InChI is InChI=1S/C19H29N7O/c1-14(2)26-19(27)9-8-17(23-26)25-10-6-5-7-15(25)12-20-16-11-18(24(3)4)22-13-21-16/h8-9,11,13-15H,5-7,10,12H2,1-4H3,(H,20,21,22). The molecule has 0 amide bonds. The third kappa shape index (κ3) is 4.56. The molecule has 3 rings (SSSR count). The van der Waals surface area contributed by atoms with E-state index in [1.165, 1.54) is 6.42 Å². The van der Waals surface area contributed by atoms with E-state index in [2.05, 4.69) is 25.3 Å². The Bertz CT molecular complexity index is 818. The molecule has 1 aliphatic heterocycles. The van der Waals surface area contributed by atoms with Gasteiger partial charge in [0, 0.05) is 45.4 Å². The Kier molecular flexibility index (Phi) is 5.93. The Morgan fingerprint density at radius 1 is 1.26 bits per heavy atom. The smallest absolute Gasteiger partial charge is 0.267 e. The van der Waals surface area contributed by atoms with Gasteiger partial charge in [0.1, 0.15) is 23.8 Å². The molecule has 8 nitrogen and oxygen atoms in total. The topological polar surface area (TPSA) is 79.2 Å². The predicted molar refractivity (Wildman–Crippen MR) is 109 cm³/mol. The van der Waals surface area contributed by atoms with Gasteiger partial charge < -0.3 is 15.1 Å². The maximum atomic E-state index is 12.0. The van der Waals surface area contributed by atoms with Gasteiger partial charge in [0.05, 0.1) is 6.04 Å². The van der Waals surface area contributed by atoms with E-state index in [0.717, 1.165) is 43.4 Å². The van der Waals surface area contributed by atoms with Crippen LogP contribution in [0.3, 0.4) is 0 Å². The molecular weight excluding hydrogens is 342 g/mol. The largest absolute Gasteiger partial charge is 0.368 e. The van der Waals surface area contributed by atoms with E-state index in [1.54, 1.807) is 17.1 Å². The SMILES string of the molecule is CC(C)n1nc(N2CCCCC2CNc2cc(N(C)C)ncn2)ccc1=O. The van der Waals surface area contributed by atoms with Crippen molar-refractivity contribution in [3.63, 3.8) is 0 Å². The van der Waals surface area contributed by atoms with Crippen LogP contribution in [-0.2, 0) is 0 Å². The van der Waals surface area contributed by atoms with Crippen LogP contribution in [0, 0.1) is 0 Å². The zero-order valence-corrected chi connectivity index (χ0v) is 16.6. The fraction of sp³-hybridized carbons (Fsp3) is 0.579. The average molecular weight is 371 g/mol. The van der Waals surface area contributed by atoms with Crippen molar-refractivity contribution >= 4 is 17.5 Å². The monoisotopic (exact) mass is 371 g/mol. The summed E-state index contributed by atoms with van der Waals surface area (Å²) in [5.74, 6) is 2.56. The first kappa shape index (κ1) is 19.1. The van der Waals surface area contributed by atoms with Crippen LogP contribution >= 0.6 is 0 Å². The molecule has 146 valence electrons. The molecule has 0 aromatic carbocycles. The van der Waals surface area contributed by atoms with Crippen LogP contribution in [0.15, 0.2) is 29.3 Å². The highest BCUT2D eigenvalue weighted by Gasteiger charge is 2.24. The molecule has 2 aromatic rings. The number of nitrogens with one attached hydrogen (secondary N) is 1. The van der Waals surface area contributed by atoms with Crippen LogP contribution in [0.1, 0.15) is 39.2 Å². The molecule has 0 bridgehead atoms. The van der Waals surface area contributed by atoms with E-state index in [-0.39, 0.29) is 11.6 Å². The third-order valence-corrected chi connectivity index (χ3v) is 4.85. The van der Waals surface area contributed by atoms with E-state index in [1.807, 2.05) is 45.0 Å². The molecule has 8 heteroatoms. The van der Waals surface area contributed by atoms with Crippen molar-refractivity contribution < 1.29 is 0 Å². The number of aromatic nitrogens is 4. The summed E-state index contributed by atoms with van der Waals surface area (Å²) >= 11 is 0. The van der Waals surface area contributed by atoms with Gasteiger partial charge in [-0.15, -0.1) is 0 Å². The summed E-state index contributed by atoms with van der Waals surface area (Å²) in [5.41, 5.74) is -0.0577. The lowest BCUT2D eigenvalue weighted by atomic mass is 10.0. The quantitative estimate of drug-likeness (QED) is 0.833. The summed E-state index contributed by atoms with van der Waals surface area (Å²) in [6, 6.07) is 5.76. The molecular formula is C19H29N7O.